The van der Waals surface area contributed by atoms with E-state index in [1.165, 1.54) is 0 Å². The van der Waals surface area contributed by atoms with E-state index in [1.807, 2.05) is 29.3 Å². The first kappa shape index (κ1) is 19.3. The molecule has 2 aromatic heterocycles. The van der Waals surface area contributed by atoms with Crippen molar-refractivity contribution in [3.05, 3.63) is 35.1 Å². The van der Waals surface area contributed by atoms with Crippen LogP contribution in [0.25, 0.3) is 0 Å². The van der Waals surface area contributed by atoms with E-state index in [1.54, 1.807) is 17.5 Å². The second-order valence-electron chi connectivity index (χ2n) is 8.09. The Morgan fingerprint density at radius 2 is 2.14 bits per heavy atom. The van der Waals surface area contributed by atoms with Gasteiger partial charge in [-0.2, -0.15) is 0 Å². The number of rotatable bonds is 5. The maximum atomic E-state index is 13.0. The fraction of sp³-hybridized carbons (Fsp3) is 0.571. The molecule has 6 nitrogen and oxygen atoms in total. The predicted molar refractivity (Wildman–Crippen MR) is 111 cm³/mol. The summed E-state index contributed by atoms with van der Waals surface area (Å²) < 4.78 is 0. The van der Waals surface area contributed by atoms with E-state index in [0.717, 1.165) is 73.7 Å². The minimum atomic E-state index is -0.819. The number of hydrogen-bond acceptors (Lipinski definition) is 6. The molecule has 0 radical (unpaired) electrons. The third kappa shape index (κ3) is 4.36. The molecule has 2 N–H and O–H groups in total. The van der Waals surface area contributed by atoms with Crippen molar-refractivity contribution >= 4 is 28.1 Å². The number of carbonyl (C=O) groups is 1. The van der Waals surface area contributed by atoms with Crippen molar-refractivity contribution in [3.8, 4) is 0 Å². The van der Waals surface area contributed by atoms with Gasteiger partial charge in [-0.15, -0.1) is 11.3 Å². The number of pyridine rings is 1. The fourth-order valence-electron chi connectivity index (χ4n) is 4.49. The van der Waals surface area contributed by atoms with Gasteiger partial charge in [0.2, 0.25) is 5.91 Å². The zero-order chi connectivity index (χ0) is 19.6. The van der Waals surface area contributed by atoms with Crippen LogP contribution in [0.2, 0.25) is 0 Å². The van der Waals surface area contributed by atoms with E-state index in [4.69, 9.17) is 4.98 Å². The van der Waals surface area contributed by atoms with Crippen LogP contribution >= 0.6 is 11.3 Å². The van der Waals surface area contributed by atoms with Gasteiger partial charge >= 0.3 is 0 Å². The highest BCUT2D eigenvalue weighted by atomic mass is 32.1. The maximum absolute atomic E-state index is 13.0. The molecule has 28 heavy (non-hydrogen) atoms. The van der Waals surface area contributed by atoms with Crippen molar-refractivity contribution in [2.75, 3.05) is 11.9 Å². The molecular formula is C21H28N4O2S. The first-order valence-corrected chi connectivity index (χ1v) is 11.1. The number of aryl methyl sites for hydroxylation is 1. The first-order valence-electron chi connectivity index (χ1n) is 10.2. The Kier molecular flexibility index (Phi) is 5.64. The quantitative estimate of drug-likeness (QED) is 0.781. The maximum Gasteiger partial charge on any atom is 0.226 e. The minimum absolute atomic E-state index is 0.0172. The Labute approximate surface area is 170 Å². The van der Waals surface area contributed by atoms with Gasteiger partial charge < -0.3 is 15.3 Å². The number of hydrogen-bond donors (Lipinski definition) is 2. The van der Waals surface area contributed by atoms with Crippen molar-refractivity contribution in [3.63, 3.8) is 0 Å². The summed E-state index contributed by atoms with van der Waals surface area (Å²) in [4.78, 5) is 24.0. The Balaban J connectivity index is 1.51. The van der Waals surface area contributed by atoms with Gasteiger partial charge in [0.05, 0.1) is 23.8 Å². The van der Waals surface area contributed by atoms with Crippen LogP contribution in [0.4, 0.5) is 10.8 Å². The van der Waals surface area contributed by atoms with Gasteiger partial charge in [-0.1, -0.05) is 19.3 Å². The summed E-state index contributed by atoms with van der Waals surface area (Å²) in [6.07, 6.45) is 8.55. The summed E-state index contributed by atoms with van der Waals surface area (Å²) >= 11 is 1.55. The predicted octanol–water partition coefficient (Wildman–Crippen LogP) is 4.34. The molecule has 4 rings (SSSR count). The zero-order valence-corrected chi connectivity index (χ0v) is 17.2. The average molecular weight is 401 g/mol. The van der Waals surface area contributed by atoms with E-state index in [2.05, 4.69) is 10.3 Å². The molecule has 7 heteroatoms. The summed E-state index contributed by atoms with van der Waals surface area (Å²) in [6, 6.07) is 4.01. The van der Waals surface area contributed by atoms with Crippen molar-refractivity contribution in [1.82, 2.24) is 14.9 Å². The van der Waals surface area contributed by atoms with Crippen LogP contribution in [0.5, 0.6) is 0 Å². The van der Waals surface area contributed by atoms with Gasteiger partial charge in [-0.25, -0.2) is 4.98 Å². The van der Waals surface area contributed by atoms with E-state index in [-0.39, 0.29) is 18.4 Å². The fourth-order valence-corrected chi connectivity index (χ4v) is 5.04. The largest absolute Gasteiger partial charge is 0.389 e. The summed E-state index contributed by atoms with van der Waals surface area (Å²) in [6.45, 7) is 2.72. The molecule has 1 atom stereocenters. The summed E-state index contributed by atoms with van der Waals surface area (Å²) in [5, 5.41) is 16.9. The molecule has 1 aliphatic heterocycles. The van der Waals surface area contributed by atoms with Crippen LogP contribution in [0.15, 0.2) is 23.7 Å². The van der Waals surface area contributed by atoms with E-state index in [0.29, 0.717) is 0 Å². The number of nitrogens with zero attached hydrogens (tertiary/aromatic N) is 3. The van der Waals surface area contributed by atoms with E-state index >= 15 is 0 Å². The van der Waals surface area contributed by atoms with Gasteiger partial charge in [0, 0.05) is 29.5 Å². The Bertz CT molecular complexity index is 818. The van der Waals surface area contributed by atoms with E-state index in [9.17, 15) is 9.90 Å². The van der Waals surface area contributed by atoms with E-state index < -0.39 is 5.60 Å². The lowest BCUT2D eigenvalue weighted by atomic mass is 9.82. The van der Waals surface area contributed by atoms with Gasteiger partial charge in [0.25, 0.3) is 0 Å². The SMILES string of the molecule is Cc1cc(Nc2nccs2)cc(C2CCCN2C(=O)CC2(O)CCCCC2)n1. The number of amides is 1. The molecule has 1 saturated carbocycles. The molecule has 2 fully saturated rings. The highest BCUT2D eigenvalue weighted by molar-refractivity contribution is 7.13. The summed E-state index contributed by atoms with van der Waals surface area (Å²) in [5.41, 5.74) is 1.96. The molecular weight excluding hydrogens is 372 g/mol. The number of aliphatic hydroxyl groups is 1. The molecule has 0 bridgehead atoms. The number of carbonyl (C=O) groups excluding carboxylic acids is 1. The van der Waals surface area contributed by atoms with Crippen LogP contribution in [-0.2, 0) is 4.79 Å². The molecule has 2 aromatic rings. The topological polar surface area (TPSA) is 78.4 Å². The molecule has 1 aliphatic carbocycles. The molecule has 150 valence electrons. The summed E-state index contributed by atoms with van der Waals surface area (Å²) in [5.74, 6) is 0.0599. The smallest absolute Gasteiger partial charge is 0.226 e. The lowest BCUT2D eigenvalue weighted by molar-refractivity contribution is -0.138. The van der Waals surface area contributed by atoms with Crippen LogP contribution in [-0.4, -0.2) is 38.0 Å². The molecule has 1 amide bonds. The summed E-state index contributed by atoms with van der Waals surface area (Å²) in [7, 11) is 0. The van der Waals surface area contributed by atoms with Crippen molar-refractivity contribution < 1.29 is 9.90 Å². The Morgan fingerprint density at radius 3 is 2.89 bits per heavy atom. The Hall–Kier alpha value is -1.99. The van der Waals surface area contributed by atoms with Crippen LogP contribution in [0.1, 0.15) is 68.8 Å². The third-order valence-electron chi connectivity index (χ3n) is 5.84. The molecule has 0 spiro atoms. The van der Waals surface area contributed by atoms with Crippen molar-refractivity contribution in [1.29, 1.82) is 0 Å². The second-order valence-corrected chi connectivity index (χ2v) is 8.99. The first-order chi connectivity index (χ1) is 13.5. The van der Waals surface area contributed by atoms with Gasteiger partial charge in [0.15, 0.2) is 5.13 Å². The number of aromatic nitrogens is 2. The molecule has 0 aromatic carbocycles. The lowest BCUT2D eigenvalue weighted by Crippen LogP contribution is -2.40. The minimum Gasteiger partial charge on any atom is -0.389 e. The Morgan fingerprint density at radius 1 is 1.32 bits per heavy atom. The molecule has 1 unspecified atom stereocenters. The monoisotopic (exact) mass is 400 g/mol. The van der Waals surface area contributed by atoms with Gasteiger partial charge in [-0.05, 0) is 44.7 Å². The van der Waals surface area contributed by atoms with Crippen molar-refractivity contribution in [2.24, 2.45) is 0 Å². The standard InChI is InChI=1S/C21H28N4O2S/c1-15-12-16(24-20-22-9-11-28-20)13-17(23-15)18-6-5-10-25(18)19(26)14-21(27)7-3-2-4-8-21/h9,11-13,18,27H,2-8,10,14H2,1H3,(H,22,23,24). The number of anilines is 2. The second kappa shape index (κ2) is 8.17. The average Bonchev–Trinajstić information content (AvgIpc) is 3.33. The van der Waals surface area contributed by atoms with Crippen LogP contribution in [0, 0.1) is 6.92 Å². The van der Waals surface area contributed by atoms with Crippen LogP contribution < -0.4 is 5.32 Å². The normalized spacial score (nSPS) is 21.6. The zero-order valence-electron chi connectivity index (χ0n) is 16.4. The lowest BCUT2D eigenvalue weighted by Gasteiger charge is -2.34. The van der Waals surface area contributed by atoms with Crippen LogP contribution in [0.3, 0.4) is 0 Å². The van der Waals surface area contributed by atoms with Gasteiger partial charge in [-0.3, -0.25) is 9.78 Å². The van der Waals surface area contributed by atoms with Crippen molar-refractivity contribution in [2.45, 2.75) is 69.9 Å². The number of nitrogens with one attached hydrogen (secondary N) is 1. The molecule has 3 heterocycles. The highest BCUT2D eigenvalue weighted by Gasteiger charge is 2.37. The third-order valence-corrected chi connectivity index (χ3v) is 6.52. The van der Waals surface area contributed by atoms with Gasteiger partial charge in [0.1, 0.15) is 0 Å². The molecule has 1 saturated heterocycles. The number of thiazole rings is 1. The molecule has 2 aliphatic rings. The highest BCUT2D eigenvalue weighted by Crippen LogP contribution is 2.36. The number of likely N-dealkylation sites (tertiary alicyclic amines) is 1.